The Hall–Kier alpha value is -2.34. The Kier molecular flexibility index (Phi) is 6.37. The summed E-state index contributed by atoms with van der Waals surface area (Å²) in [5.74, 6) is -1.54. The molecule has 0 aliphatic heterocycles. The van der Waals surface area contributed by atoms with E-state index in [9.17, 15) is 9.59 Å². The van der Waals surface area contributed by atoms with E-state index < -0.39 is 18.4 Å². The van der Waals surface area contributed by atoms with Crippen molar-refractivity contribution in [2.24, 2.45) is 0 Å². The van der Waals surface area contributed by atoms with Crippen molar-refractivity contribution in [1.82, 2.24) is 9.88 Å². The predicted molar refractivity (Wildman–Crippen MR) is 92.3 cm³/mol. The summed E-state index contributed by atoms with van der Waals surface area (Å²) in [6, 6.07) is 5.39. The molecule has 1 aromatic heterocycles. The van der Waals surface area contributed by atoms with E-state index >= 15 is 0 Å². The van der Waals surface area contributed by atoms with Gasteiger partial charge in [-0.2, -0.15) is 0 Å². The van der Waals surface area contributed by atoms with Gasteiger partial charge in [0.1, 0.15) is 12.2 Å². The van der Waals surface area contributed by atoms with Gasteiger partial charge in [0.05, 0.1) is 0 Å². The normalized spacial score (nSPS) is 11.1. The number of nitrogens with one attached hydrogen (secondary N) is 1. The smallest absolute Gasteiger partial charge is 0.322 e. The summed E-state index contributed by atoms with van der Waals surface area (Å²) in [5, 5.41) is 9.55. The molecule has 0 saturated heterocycles. The molecule has 0 unspecified atom stereocenters. The van der Waals surface area contributed by atoms with Crippen LogP contribution in [-0.2, 0) is 16.0 Å². The van der Waals surface area contributed by atoms with Crippen molar-refractivity contribution in [2.75, 3.05) is 19.6 Å². The molecule has 6 heteroatoms. The van der Waals surface area contributed by atoms with Crippen LogP contribution in [0.5, 0.6) is 5.75 Å². The molecule has 0 aliphatic carbocycles. The third kappa shape index (κ3) is 4.58. The molecule has 0 aliphatic rings. The summed E-state index contributed by atoms with van der Waals surface area (Å²) >= 11 is 0. The molecule has 1 heterocycles. The lowest BCUT2D eigenvalue weighted by atomic mass is 10.1. The van der Waals surface area contributed by atoms with Gasteiger partial charge in [0.2, 0.25) is 0 Å². The van der Waals surface area contributed by atoms with Gasteiger partial charge in [0.15, 0.2) is 0 Å². The summed E-state index contributed by atoms with van der Waals surface area (Å²) < 4.78 is 5.26. The Balaban J connectivity index is 2.19. The predicted octanol–water partition coefficient (Wildman–Crippen LogP) is 2.82. The van der Waals surface area contributed by atoms with Crippen LogP contribution in [0.2, 0.25) is 0 Å². The molecule has 1 aromatic carbocycles. The van der Waals surface area contributed by atoms with Crippen molar-refractivity contribution in [3.63, 3.8) is 0 Å². The van der Waals surface area contributed by atoms with Crippen molar-refractivity contribution >= 4 is 22.8 Å². The average Bonchev–Trinajstić information content (AvgIpc) is 2.95. The molecule has 6 nitrogen and oxygen atoms in total. The number of rotatable bonds is 9. The first-order valence-electron chi connectivity index (χ1n) is 8.29. The van der Waals surface area contributed by atoms with Crippen molar-refractivity contribution in [1.29, 1.82) is 0 Å². The van der Waals surface area contributed by atoms with E-state index in [1.54, 1.807) is 12.1 Å². The van der Waals surface area contributed by atoms with Crippen LogP contribution in [0.3, 0.4) is 0 Å². The molecule has 0 amide bonds. The van der Waals surface area contributed by atoms with Crippen LogP contribution in [0, 0.1) is 0 Å². The fourth-order valence-corrected chi connectivity index (χ4v) is 2.81. The molecule has 0 radical (unpaired) electrons. The lowest BCUT2D eigenvalue weighted by molar-refractivity contribution is -0.145. The van der Waals surface area contributed by atoms with E-state index in [4.69, 9.17) is 9.84 Å². The number of benzene rings is 1. The Bertz CT molecular complexity index is 708. The largest absolute Gasteiger partial charge is 0.481 e. The van der Waals surface area contributed by atoms with Crippen LogP contribution in [-0.4, -0.2) is 46.6 Å². The molecule has 2 aromatic rings. The maximum atomic E-state index is 11.7. The number of hydrogen-bond acceptors (Lipinski definition) is 4. The van der Waals surface area contributed by atoms with Crippen LogP contribution < -0.4 is 4.74 Å². The maximum absolute atomic E-state index is 11.7. The number of carbonyl (C=O) groups is 2. The molecule has 0 atom stereocenters. The van der Waals surface area contributed by atoms with Gasteiger partial charge >= 0.3 is 11.9 Å². The number of likely N-dealkylation sites (N-methyl/N-ethyl adjacent to an activating group) is 1. The van der Waals surface area contributed by atoms with Crippen LogP contribution in [0.25, 0.3) is 10.9 Å². The number of aliphatic carboxylic acids is 1. The number of carboxylic acid groups (broad SMARTS) is 1. The number of aromatic nitrogens is 1. The molecule has 0 spiro atoms. The van der Waals surface area contributed by atoms with Crippen molar-refractivity contribution in [3.05, 3.63) is 30.0 Å². The molecule has 2 N–H and O–H groups in total. The summed E-state index contributed by atoms with van der Waals surface area (Å²) in [6.45, 7) is 7.28. The van der Waals surface area contributed by atoms with Crippen LogP contribution >= 0.6 is 0 Å². The molecular formula is C18H24N2O4. The number of esters is 1. The SMILES string of the molecule is CCCN(CC)CCc1c[nH]c2cccc(OC(=O)CC(=O)O)c12. The zero-order valence-corrected chi connectivity index (χ0v) is 14.2. The van der Waals surface area contributed by atoms with Crippen LogP contribution in [0.4, 0.5) is 0 Å². The van der Waals surface area contributed by atoms with Crippen molar-refractivity contribution in [2.45, 2.75) is 33.1 Å². The molecule has 2 rings (SSSR count). The first kappa shape index (κ1) is 18.0. The van der Waals surface area contributed by atoms with Gasteiger partial charge in [-0.15, -0.1) is 0 Å². The van der Waals surface area contributed by atoms with E-state index in [0.29, 0.717) is 5.75 Å². The quantitative estimate of drug-likeness (QED) is 0.419. The Labute approximate surface area is 141 Å². The number of hydrogen-bond donors (Lipinski definition) is 2. The molecule has 0 bridgehead atoms. The Morgan fingerprint density at radius 1 is 1.25 bits per heavy atom. The lowest BCUT2D eigenvalue weighted by Gasteiger charge is -2.19. The topological polar surface area (TPSA) is 82.6 Å². The minimum Gasteiger partial charge on any atom is -0.481 e. The van der Waals surface area contributed by atoms with Gasteiger partial charge in [-0.3, -0.25) is 9.59 Å². The van der Waals surface area contributed by atoms with Crippen molar-refractivity contribution in [3.8, 4) is 5.75 Å². The maximum Gasteiger partial charge on any atom is 0.322 e. The highest BCUT2D eigenvalue weighted by molar-refractivity contribution is 5.95. The van der Waals surface area contributed by atoms with E-state index in [-0.39, 0.29) is 0 Å². The second-order valence-electron chi connectivity index (χ2n) is 5.72. The number of fused-ring (bicyclic) bond motifs is 1. The molecule has 0 saturated carbocycles. The average molecular weight is 332 g/mol. The highest BCUT2D eigenvalue weighted by Gasteiger charge is 2.15. The summed E-state index contributed by atoms with van der Waals surface area (Å²) in [7, 11) is 0. The number of carbonyl (C=O) groups excluding carboxylic acids is 1. The summed E-state index contributed by atoms with van der Waals surface area (Å²) in [5.41, 5.74) is 1.95. The van der Waals surface area contributed by atoms with Gasteiger partial charge in [0.25, 0.3) is 0 Å². The minimum atomic E-state index is -1.19. The molecule has 130 valence electrons. The monoisotopic (exact) mass is 332 g/mol. The van der Waals surface area contributed by atoms with Gasteiger partial charge in [-0.05, 0) is 43.6 Å². The van der Waals surface area contributed by atoms with Gasteiger partial charge < -0.3 is 19.7 Å². The van der Waals surface area contributed by atoms with Crippen LogP contribution in [0.15, 0.2) is 24.4 Å². The third-order valence-corrected chi connectivity index (χ3v) is 3.95. The lowest BCUT2D eigenvalue weighted by Crippen LogP contribution is -2.26. The second kappa shape index (κ2) is 8.49. The highest BCUT2D eigenvalue weighted by Crippen LogP contribution is 2.29. The number of aromatic amines is 1. The highest BCUT2D eigenvalue weighted by atomic mass is 16.5. The Morgan fingerprint density at radius 3 is 2.71 bits per heavy atom. The standard InChI is InChI=1S/C18H24N2O4/c1-3-9-20(4-2)10-8-13-12-19-14-6-5-7-15(18(13)14)24-17(23)11-16(21)22/h5-7,12,19H,3-4,8-11H2,1-2H3,(H,21,22). The Morgan fingerprint density at radius 2 is 2.04 bits per heavy atom. The fourth-order valence-electron chi connectivity index (χ4n) is 2.81. The summed E-state index contributed by atoms with van der Waals surface area (Å²) in [4.78, 5) is 27.9. The fraction of sp³-hybridized carbons (Fsp3) is 0.444. The zero-order valence-electron chi connectivity index (χ0n) is 14.2. The van der Waals surface area contributed by atoms with E-state index in [0.717, 1.165) is 48.9 Å². The first-order chi connectivity index (χ1) is 11.5. The number of carboxylic acids is 1. The van der Waals surface area contributed by atoms with Crippen molar-refractivity contribution < 1.29 is 19.4 Å². The third-order valence-electron chi connectivity index (χ3n) is 3.95. The van der Waals surface area contributed by atoms with E-state index in [1.165, 1.54) is 0 Å². The molecular weight excluding hydrogens is 308 g/mol. The van der Waals surface area contributed by atoms with E-state index in [1.807, 2.05) is 12.3 Å². The summed E-state index contributed by atoms with van der Waals surface area (Å²) in [6.07, 6.45) is 3.23. The van der Waals surface area contributed by atoms with Crippen LogP contribution in [0.1, 0.15) is 32.3 Å². The number of nitrogens with zero attached hydrogens (tertiary/aromatic N) is 1. The van der Waals surface area contributed by atoms with E-state index in [2.05, 4.69) is 23.7 Å². The van der Waals surface area contributed by atoms with Gasteiger partial charge in [-0.25, -0.2) is 0 Å². The second-order valence-corrected chi connectivity index (χ2v) is 5.72. The molecule has 0 fully saturated rings. The number of H-pyrrole nitrogens is 1. The van der Waals surface area contributed by atoms with Gasteiger partial charge in [-0.1, -0.05) is 19.9 Å². The first-order valence-corrected chi connectivity index (χ1v) is 8.29. The minimum absolute atomic E-state index is 0.411. The van der Waals surface area contributed by atoms with Gasteiger partial charge in [0, 0.05) is 23.6 Å². The zero-order chi connectivity index (χ0) is 17.5. The number of ether oxygens (including phenoxy) is 1. The molecule has 24 heavy (non-hydrogen) atoms.